The molecule has 6 heteroatoms. The molecule has 1 rings (SSSR count). The van der Waals surface area contributed by atoms with Gasteiger partial charge < -0.3 is 20.3 Å². The number of aromatic nitrogens is 1. The molecule has 0 aromatic carbocycles. The Morgan fingerprint density at radius 1 is 1.60 bits per heavy atom. The summed E-state index contributed by atoms with van der Waals surface area (Å²) in [4.78, 5) is 14.7. The van der Waals surface area contributed by atoms with Gasteiger partial charge in [-0.3, -0.25) is 4.79 Å². The van der Waals surface area contributed by atoms with Crippen molar-refractivity contribution in [1.29, 1.82) is 0 Å². The molecule has 0 fully saturated rings. The number of nitrogens with two attached hydrogens (primary N) is 1. The molecule has 0 aliphatic heterocycles. The SMILES string of the molecule is COc1cc(OCCO)nc(C(N)=O)c1. The number of primary amides is 1. The summed E-state index contributed by atoms with van der Waals surface area (Å²) in [5.41, 5.74) is 5.13. The van der Waals surface area contributed by atoms with E-state index in [1.165, 1.54) is 19.2 Å². The molecule has 1 heterocycles. The van der Waals surface area contributed by atoms with Crippen LogP contribution in [0.25, 0.3) is 0 Å². The van der Waals surface area contributed by atoms with Crippen LogP contribution >= 0.6 is 0 Å². The van der Waals surface area contributed by atoms with Crippen molar-refractivity contribution in [1.82, 2.24) is 4.98 Å². The molecule has 0 aliphatic rings. The van der Waals surface area contributed by atoms with Crippen molar-refractivity contribution < 1.29 is 19.4 Å². The van der Waals surface area contributed by atoms with Gasteiger partial charge >= 0.3 is 0 Å². The third-order valence-electron chi connectivity index (χ3n) is 1.60. The van der Waals surface area contributed by atoms with E-state index in [2.05, 4.69) is 4.98 Å². The van der Waals surface area contributed by atoms with E-state index in [0.29, 0.717) is 5.75 Å². The van der Waals surface area contributed by atoms with Crippen LogP contribution in [-0.4, -0.2) is 36.3 Å². The minimum atomic E-state index is -0.664. The van der Waals surface area contributed by atoms with E-state index in [-0.39, 0.29) is 24.8 Å². The second-order valence-electron chi connectivity index (χ2n) is 2.67. The summed E-state index contributed by atoms with van der Waals surface area (Å²) in [5.74, 6) is -0.0494. The van der Waals surface area contributed by atoms with Crippen LogP contribution in [0.3, 0.4) is 0 Å². The van der Waals surface area contributed by atoms with Crippen LogP contribution in [0.1, 0.15) is 10.5 Å². The van der Waals surface area contributed by atoms with Gasteiger partial charge in [-0.1, -0.05) is 0 Å². The Balaban J connectivity index is 2.95. The van der Waals surface area contributed by atoms with E-state index in [1.54, 1.807) is 0 Å². The number of pyridine rings is 1. The van der Waals surface area contributed by atoms with Crippen molar-refractivity contribution in [2.24, 2.45) is 5.73 Å². The largest absolute Gasteiger partial charge is 0.496 e. The maximum Gasteiger partial charge on any atom is 0.267 e. The van der Waals surface area contributed by atoms with Crippen LogP contribution in [0.4, 0.5) is 0 Å². The van der Waals surface area contributed by atoms with E-state index in [4.69, 9.17) is 20.3 Å². The molecular weight excluding hydrogens is 200 g/mol. The molecule has 0 spiro atoms. The maximum atomic E-state index is 10.9. The summed E-state index contributed by atoms with van der Waals surface area (Å²) in [7, 11) is 1.45. The molecule has 3 N–H and O–H groups in total. The van der Waals surface area contributed by atoms with E-state index in [0.717, 1.165) is 0 Å². The zero-order valence-corrected chi connectivity index (χ0v) is 8.27. The maximum absolute atomic E-state index is 10.9. The lowest BCUT2D eigenvalue weighted by Gasteiger charge is -2.06. The minimum Gasteiger partial charge on any atom is -0.496 e. The van der Waals surface area contributed by atoms with Gasteiger partial charge in [0, 0.05) is 12.1 Å². The molecule has 0 radical (unpaired) electrons. The van der Waals surface area contributed by atoms with Crippen LogP contribution in [0.5, 0.6) is 11.6 Å². The van der Waals surface area contributed by atoms with Crippen LogP contribution in [0.2, 0.25) is 0 Å². The number of hydrogen-bond donors (Lipinski definition) is 2. The van der Waals surface area contributed by atoms with Gasteiger partial charge in [0.1, 0.15) is 18.1 Å². The lowest BCUT2D eigenvalue weighted by molar-refractivity contribution is 0.0993. The van der Waals surface area contributed by atoms with Gasteiger partial charge in [-0.25, -0.2) is 4.98 Å². The van der Waals surface area contributed by atoms with Gasteiger partial charge in [0.05, 0.1) is 13.7 Å². The summed E-state index contributed by atoms with van der Waals surface area (Å²) < 4.78 is 9.97. The average Bonchev–Trinajstić information content (AvgIpc) is 2.25. The molecular formula is C9H12N2O4. The molecule has 1 aromatic rings. The fourth-order valence-electron chi connectivity index (χ4n) is 0.950. The van der Waals surface area contributed by atoms with Crippen LogP contribution < -0.4 is 15.2 Å². The van der Waals surface area contributed by atoms with Crippen molar-refractivity contribution >= 4 is 5.91 Å². The number of nitrogens with zero attached hydrogens (tertiary/aromatic N) is 1. The first-order valence-electron chi connectivity index (χ1n) is 4.27. The van der Waals surface area contributed by atoms with Gasteiger partial charge in [-0.2, -0.15) is 0 Å². The lowest BCUT2D eigenvalue weighted by Crippen LogP contribution is -2.14. The second kappa shape index (κ2) is 5.16. The third kappa shape index (κ3) is 3.10. The Kier molecular flexibility index (Phi) is 3.87. The number of ether oxygens (including phenoxy) is 2. The van der Waals surface area contributed by atoms with E-state index in [1.807, 2.05) is 0 Å². The van der Waals surface area contributed by atoms with Crippen LogP contribution in [0, 0.1) is 0 Å². The monoisotopic (exact) mass is 212 g/mol. The van der Waals surface area contributed by atoms with E-state index < -0.39 is 5.91 Å². The highest BCUT2D eigenvalue weighted by Crippen LogP contribution is 2.18. The number of rotatable bonds is 5. The Hall–Kier alpha value is -1.82. The van der Waals surface area contributed by atoms with Crippen molar-refractivity contribution in [2.75, 3.05) is 20.3 Å². The number of aliphatic hydroxyl groups is 1. The Bertz CT molecular complexity index is 354. The zero-order chi connectivity index (χ0) is 11.3. The number of methoxy groups -OCH3 is 1. The molecule has 6 nitrogen and oxygen atoms in total. The fraction of sp³-hybridized carbons (Fsp3) is 0.333. The van der Waals surface area contributed by atoms with Gasteiger partial charge in [0.15, 0.2) is 0 Å². The molecule has 0 unspecified atom stereocenters. The first-order chi connectivity index (χ1) is 7.17. The molecule has 0 saturated heterocycles. The van der Waals surface area contributed by atoms with Crippen LogP contribution in [0.15, 0.2) is 12.1 Å². The van der Waals surface area contributed by atoms with Crippen molar-refractivity contribution in [3.63, 3.8) is 0 Å². The highest BCUT2D eigenvalue weighted by atomic mass is 16.5. The summed E-state index contributed by atoms with van der Waals surface area (Å²) in [5, 5.41) is 8.56. The summed E-state index contributed by atoms with van der Waals surface area (Å²) >= 11 is 0. The minimum absolute atomic E-state index is 0.0577. The highest BCUT2D eigenvalue weighted by molar-refractivity contribution is 5.91. The molecule has 1 aromatic heterocycles. The Morgan fingerprint density at radius 2 is 2.33 bits per heavy atom. The Labute approximate surface area is 86.6 Å². The second-order valence-corrected chi connectivity index (χ2v) is 2.67. The molecule has 15 heavy (non-hydrogen) atoms. The topological polar surface area (TPSA) is 94.7 Å². The predicted octanol–water partition coefficient (Wildman–Crippen LogP) is -0.440. The first kappa shape index (κ1) is 11.3. The molecule has 0 atom stereocenters. The number of amides is 1. The van der Waals surface area contributed by atoms with Gasteiger partial charge in [-0.15, -0.1) is 0 Å². The number of carbonyl (C=O) groups excluding carboxylic acids is 1. The molecule has 0 bridgehead atoms. The standard InChI is InChI=1S/C9H12N2O4/c1-14-6-4-7(9(10)13)11-8(5-6)15-3-2-12/h4-5,12H,2-3H2,1H3,(H2,10,13). The van der Waals surface area contributed by atoms with Gasteiger partial charge in [-0.05, 0) is 0 Å². The highest BCUT2D eigenvalue weighted by Gasteiger charge is 2.08. The molecule has 1 amide bonds. The van der Waals surface area contributed by atoms with Crippen molar-refractivity contribution in [2.45, 2.75) is 0 Å². The predicted molar refractivity (Wildman–Crippen MR) is 51.9 cm³/mol. The van der Waals surface area contributed by atoms with Gasteiger partial charge in [0.2, 0.25) is 5.88 Å². The first-order valence-corrected chi connectivity index (χ1v) is 4.27. The van der Waals surface area contributed by atoms with E-state index >= 15 is 0 Å². The smallest absolute Gasteiger partial charge is 0.267 e. The summed E-state index contributed by atoms with van der Waals surface area (Å²) in [6.07, 6.45) is 0. The van der Waals surface area contributed by atoms with Crippen LogP contribution in [-0.2, 0) is 0 Å². The third-order valence-corrected chi connectivity index (χ3v) is 1.60. The summed E-state index contributed by atoms with van der Waals surface area (Å²) in [6.45, 7) is -0.0385. The van der Waals surface area contributed by atoms with Crippen molar-refractivity contribution in [3.05, 3.63) is 17.8 Å². The van der Waals surface area contributed by atoms with E-state index in [9.17, 15) is 4.79 Å². The molecule has 82 valence electrons. The van der Waals surface area contributed by atoms with Gasteiger partial charge in [0.25, 0.3) is 5.91 Å². The number of aliphatic hydroxyl groups excluding tert-OH is 1. The molecule has 0 saturated carbocycles. The average molecular weight is 212 g/mol. The quantitative estimate of drug-likeness (QED) is 0.690. The fourth-order valence-corrected chi connectivity index (χ4v) is 0.950. The number of carbonyl (C=O) groups is 1. The van der Waals surface area contributed by atoms with Crippen molar-refractivity contribution in [3.8, 4) is 11.6 Å². The lowest BCUT2D eigenvalue weighted by atomic mass is 10.3. The Morgan fingerprint density at radius 3 is 2.87 bits per heavy atom. The summed E-state index contributed by atoms with van der Waals surface area (Å²) in [6, 6.07) is 2.91. The number of hydrogen-bond acceptors (Lipinski definition) is 5. The zero-order valence-electron chi connectivity index (χ0n) is 8.27. The normalized spacial score (nSPS) is 9.73. The molecule has 0 aliphatic carbocycles.